The molecule has 0 fully saturated rings. The molecule has 0 aliphatic rings. The summed E-state index contributed by atoms with van der Waals surface area (Å²) in [6, 6.07) is 9.62. The van der Waals surface area contributed by atoms with E-state index in [4.69, 9.17) is 21.1 Å². The molecular formula is C18H18ClFN2O3. The molecule has 2 aromatic carbocycles. The lowest BCUT2D eigenvalue weighted by Gasteiger charge is -2.13. The van der Waals surface area contributed by atoms with Crippen molar-refractivity contribution in [2.24, 2.45) is 5.10 Å². The van der Waals surface area contributed by atoms with Crippen molar-refractivity contribution in [2.45, 2.75) is 20.5 Å². The number of carbonyl (C=O) groups is 1. The molecule has 0 saturated heterocycles. The van der Waals surface area contributed by atoms with Crippen molar-refractivity contribution in [1.29, 1.82) is 0 Å². The fourth-order valence-corrected chi connectivity index (χ4v) is 2.23. The smallest absolute Gasteiger partial charge is 0.236 e. The molecule has 0 heterocycles. The third-order valence-electron chi connectivity index (χ3n) is 3.14. The molecule has 0 spiro atoms. The number of hydrogen-bond donors (Lipinski definition) is 1. The van der Waals surface area contributed by atoms with Gasteiger partial charge < -0.3 is 9.47 Å². The maximum absolute atomic E-state index is 13.8. The van der Waals surface area contributed by atoms with E-state index in [1.807, 2.05) is 6.92 Å². The van der Waals surface area contributed by atoms with E-state index in [1.165, 1.54) is 25.3 Å². The molecule has 5 nitrogen and oxygen atoms in total. The Hall–Kier alpha value is -2.60. The van der Waals surface area contributed by atoms with Gasteiger partial charge in [0.15, 0.2) is 11.5 Å². The third kappa shape index (κ3) is 5.46. The van der Waals surface area contributed by atoms with Gasteiger partial charge in [0.2, 0.25) is 5.91 Å². The average Bonchev–Trinajstić information content (AvgIpc) is 2.56. The molecule has 0 aliphatic carbocycles. The van der Waals surface area contributed by atoms with Crippen molar-refractivity contribution in [3.63, 3.8) is 0 Å². The zero-order chi connectivity index (χ0) is 18.2. The molecule has 1 amide bonds. The Labute approximate surface area is 150 Å². The molecule has 132 valence electrons. The maximum atomic E-state index is 13.8. The average molecular weight is 365 g/mol. The summed E-state index contributed by atoms with van der Waals surface area (Å²) in [4.78, 5) is 10.8. The predicted octanol–water partition coefficient (Wildman–Crippen LogP) is 3.93. The van der Waals surface area contributed by atoms with Crippen LogP contribution < -0.4 is 14.9 Å². The van der Waals surface area contributed by atoms with Gasteiger partial charge in [-0.05, 0) is 42.8 Å². The number of carbonyl (C=O) groups excluding carboxylic acids is 1. The van der Waals surface area contributed by atoms with Crippen LogP contribution in [0.3, 0.4) is 0 Å². The highest BCUT2D eigenvalue weighted by Gasteiger charge is 2.11. The van der Waals surface area contributed by atoms with Crippen LogP contribution in [0.25, 0.3) is 0 Å². The Bertz CT molecular complexity index is 761. The van der Waals surface area contributed by atoms with E-state index in [0.717, 1.165) is 0 Å². The molecule has 2 rings (SSSR count). The fraction of sp³-hybridized carbons (Fsp3) is 0.222. The number of nitrogens with zero attached hydrogens (tertiary/aromatic N) is 1. The third-order valence-corrected chi connectivity index (χ3v) is 3.49. The summed E-state index contributed by atoms with van der Waals surface area (Å²) >= 11 is 6.00. The van der Waals surface area contributed by atoms with Crippen LogP contribution in [0.5, 0.6) is 11.5 Å². The van der Waals surface area contributed by atoms with E-state index in [0.29, 0.717) is 28.7 Å². The summed E-state index contributed by atoms with van der Waals surface area (Å²) in [5.74, 6) is 0.257. The number of ether oxygens (including phenoxy) is 2. The van der Waals surface area contributed by atoms with Gasteiger partial charge in [-0.15, -0.1) is 0 Å². The van der Waals surface area contributed by atoms with Crippen LogP contribution in [0, 0.1) is 5.82 Å². The van der Waals surface area contributed by atoms with E-state index in [1.54, 1.807) is 24.3 Å². The van der Waals surface area contributed by atoms with Crippen LogP contribution >= 0.6 is 11.6 Å². The highest BCUT2D eigenvalue weighted by Crippen LogP contribution is 2.30. The monoisotopic (exact) mass is 364 g/mol. The van der Waals surface area contributed by atoms with Crippen LogP contribution in [0.15, 0.2) is 41.5 Å². The quantitative estimate of drug-likeness (QED) is 0.598. The maximum Gasteiger partial charge on any atom is 0.236 e. The number of halogens is 2. The first-order valence-electron chi connectivity index (χ1n) is 7.63. The molecule has 0 bridgehead atoms. The molecule has 0 atom stereocenters. The Morgan fingerprint density at radius 3 is 2.76 bits per heavy atom. The van der Waals surface area contributed by atoms with Crippen molar-refractivity contribution in [3.05, 3.63) is 58.4 Å². The first-order valence-corrected chi connectivity index (χ1v) is 8.01. The first-order chi connectivity index (χ1) is 12.0. The van der Waals surface area contributed by atoms with E-state index >= 15 is 0 Å². The Kier molecular flexibility index (Phi) is 6.77. The zero-order valence-electron chi connectivity index (χ0n) is 13.9. The summed E-state index contributed by atoms with van der Waals surface area (Å²) in [5, 5.41) is 4.10. The highest BCUT2D eigenvalue weighted by molar-refractivity contribution is 6.31. The van der Waals surface area contributed by atoms with Crippen LogP contribution in [-0.4, -0.2) is 18.7 Å². The topological polar surface area (TPSA) is 59.9 Å². The summed E-state index contributed by atoms with van der Waals surface area (Å²) in [6.45, 7) is 3.62. The van der Waals surface area contributed by atoms with Crippen molar-refractivity contribution in [2.75, 3.05) is 6.61 Å². The van der Waals surface area contributed by atoms with Gasteiger partial charge in [0.25, 0.3) is 0 Å². The van der Waals surface area contributed by atoms with Crippen LogP contribution in [0.2, 0.25) is 5.02 Å². The van der Waals surface area contributed by atoms with Crippen molar-refractivity contribution in [3.8, 4) is 11.5 Å². The molecule has 0 unspecified atom stereocenters. The van der Waals surface area contributed by atoms with Crippen LogP contribution in [-0.2, 0) is 11.4 Å². The number of amides is 1. The number of rotatable bonds is 7. The minimum absolute atomic E-state index is 0.0229. The lowest BCUT2D eigenvalue weighted by Crippen LogP contribution is -2.12. The predicted molar refractivity (Wildman–Crippen MR) is 94.8 cm³/mol. The number of benzene rings is 2. The van der Waals surface area contributed by atoms with Crippen molar-refractivity contribution < 1.29 is 18.7 Å². The molecular weight excluding hydrogens is 347 g/mol. The normalized spacial score (nSPS) is 10.7. The molecule has 2 aromatic rings. The van der Waals surface area contributed by atoms with Gasteiger partial charge in [0.1, 0.15) is 12.4 Å². The van der Waals surface area contributed by atoms with Crippen LogP contribution in [0.4, 0.5) is 4.39 Å². The number of hydrogen-bond acceptors (Lipinski definition) is 4. The van der Waals surface area contributed by atoms with E-state index < -0.39 is 5.82 Å². The molecule has 1 N–H and O–H groups in total. The number of hydrazone groups is 1. The van der Waals surface area contributed by atoms with E-state index in [2.05, 4.69) is 10.5 Å². The van der Waals surface area contributed by atoms with Gasteiger partial charge in [-0.25, -0.2) is 9.82 Å². The van der Waals surface area contributed by atoms with E-state index in [-0.39, 0.29) is 18.1 Å². The van der Waals surface area contributed by atoms with Gasteiger partial charge in [0, 0.05) is 12.5 Å². The Morgan fingerprint density at radius 2 is 2.08 bits per heavy atom. The second kappa shape index (κ2) is 9.03. The molecule has 0 radical (unpaired) electrons. The molecule has 0 saturated carbocycles. The Balaban J connectivity index is 2.16. The van der Waals surface area contributed by atoms with Gasteiger partial charge in [0.05, 0.1) is 17.8 Å². The number of nitrogens with one attached hydrogen (secondary N) is 1. The summed E-state index contributed by atoms with van der Waals surface area (Å²) in [5.41, 5.74) is 3.32. The SMILES string of the molecule is CCOc1cc(/C=N\NC(C)=O)ccc1OCc1c(F)cccc1Cl. The summed E-state index contributed by atoms with van der Waals surface area (Å²) in [6.07, 6.45) is 1.49. The molecule has 0 aliphatic heterocycles. The minimum atomic E-state index is -0.426. The van der Waals surface area contributed by atoms with Gasteiger partial charge >= 0.3 is 0 Å². The van der Waals surface area contributed by atoms with Gasteiger partial charge in [-0.2, -0.15) is 5.10 Å². The summed E-state index contributed by atoms with van der Waals surface area (Å²) in [7, 11) is 0. The minimum Gasteiger partial charge on any atom is -0.490 e. The van der Waals surface area contributed by atoms with Crippen molar-refractivity contribution in [1.82, 2.24) is 5.43 Å². The second-order valence-corrected chi connectivity index (χ2v) is 5.46. The fourth-order valence-electron chi connectivity index (χ4n) is 2.01. The van der Waals surface area contributed by atoms with Gasteiger partial charge in [-0.3, -0.25) is 4.79 Å². The lowest BCUT2D eigenvalue weighted by atomic mass is 10.2. The van der Waals surface area contributed by atoms with E-state index in [9.17, 15) is 9.18 Å². The largest absolute Gasteiger partial charge is 0.490 e. The molecule has 7 heteroatoms. The second-order valence-electron chi connectivity index (χ2n) is 5.05. The lowest BCUT2D eigenvalue weighted by molar-refractivity contribution is -0.118. The van der Waals surface area contributed by atoms with Crippen LogP contribution in [0.1, 0.15) is 25.0 Å². The standard InChI is InChI=1S/C18H18ClFN2O3/c1-3-24-18-9-13(10-21-22-12(2)23)7-8-17(18)25-11-14-15(19)5-4-6-16(14)20/h4-10H,3,11H2,1-2H3,(H,22,23)/b21-10-. The summed E-state index contributed by atoms with van der Waals surface area (Å²) < 4.78 is 25.0. The van der Waals surface area contributed by atoms with Crippen molar-refractivity contribution >= 4 is 23.7 Å². The Morgan fingerprint density at radius 1 is 1.28 bits per heavy atom. The molecule has 25 heavy (non-hydrogen) atoms. The molecule has 0 aromatic heterocycles. The highest BCUT2D eigenvalue weighted by atomic mass is 35.5. The zero-order valence-corrected chi connectivity index (χ0v) is 14.6. The first kappa shape index (κ1) is 18.7. The van der Waals surface area contributed by atoms with Gasteiger partial charge in [-0.1, -0.05) is 17.7 Å².